The Bertz CT molecular complexity index is 428. The smallest absolute Gasteiger partial charge is 0.252 e. The Kier molecular flexibility index (Phi) is 2.73. The lowest BCUT2D eigenvalue weighted by molar-refractivity contribution is -0.123. The maximum atomic E-state index is 11.7. The topological polar surface area (TPSA) is 50.9 Å². The van der Waals surface area contributed by atoms with Gasteiger partial charge in [0.05, 0.1) is 19.3 Å². The highest BCUT2D eigenvalue weighted by atomic mass is 16.6. The average Bonchev–Trinajstić information content (AvgIpc) is 3.16. The van der Waals surface area contributed by atoms with Crippen LogP contribution in [0.25, 0.3) is 0 Å². The van der Waals surface area contributed by atoms with E-state index in [4.69, 9.17) is 9.47 Å². The van der Waals surface area contributed by atoms with Gasteiger partial charge in [0.15, 0.2) is 6.10 Å². The molecule has 1 amide bonds. The number of para-hydroxylation sites is 1. The maximum Gasteiger partial charge on any atom is 0.252 e. The van der Waals surface area contributed by atoms with Crippen LogP contribution in [0.15, 0.2) is 24.3 Å². The average molecular weight is 233 g/mol. The summed E-state index contributed by atoms with van der Waals surface area (Å²) in [6, 6.07) is 7.94. The Morgan fingerprint density at radius 1 is 1.35 bits per heavy atom. The second-order valence-electron chi connectivity index (χ2n) is 4.41. The summed E-state index contributed by atoms with van der Waals surface area (Å²) >= 11 is 0. The van der Waals surface area contributed by atoms with Gasteiger partial charge < -0.3 is 14.8 Å². The van der Waals surface area contributed by atoms with Gasteiger partial charge in [-0.1, -0.05) is 18.2 Å². The molecule has 4 nitrogen and oxygen atoms in total. The fourth-order valence-corrected chi connectivity index (χ4v) is 2.14. The largest absolute Gasteiger partial charge is 0.493 e. The molecule has 1 saturated heterocycles. The molecule has 0 spiro atoms. The van der Waals surface area contributed by atoms with Gasteiger partial charge in [0.1, 0.15) is 5.75 Å². The molecule has 4 heteroatoms. The zero-order valence-electron chi connectivity index (χ0n) is 9.52. The fraction of sp³-hybridized carbons (Fsp3) is 0.462. The molecule has 17 heavy (non-hydrogen) atoms. The molecule has 2 aliphatic rings. The van der Waals surface area contributed by atoms with Crippen molar-refractivity contribution in [3.63, 3.8) is 0 Å². The lowest BCUT2D eigenvalue weighted by Crippen LogP contribution is -2.31. The Hall–Kier alpha value is -1.55. The molecule has 0 aromatic heterocycles. The van der Waals surface area contributed by atoms with E-state index in [0.29, 0.717) is 13.2 Å². The van der Waals surface area contributed by atoms with Gasteiger partial charge in [-0.2, -0.15) is 0 Å². The molecule has 2 atom stereocenters. The second kappa shape index (κ2) is 4.37. The molecule has 1 N–H and O–H groups in total. The number of rotatable bonds is 2. The third-order valence-electron chi connectivity index (χ3n) is 3.13. The van der Waals surface area contributed by atoms with E-state index in [1.807, 2.05) is 24.3 Å². The van der Waals surface area contributed by atoms with Crippen LogP contribution in [0.2, 0.25) is 0 Å². The molecule has 1 aromatic carbocycles. The summed E-state index contributed by atoms with van der Waals surface area (Å²) in [4.78, 5) is 11.7. The molecule has 0 aliphatic carbocycles. The van der Waals surface area contributed by atoms with E-state index in [1.54, 1.807) is 0 Å². The molecule has 90 valence electrons. The molecule has 2 heterocycles. The predicted octanol–water partition coefficient (Wildman–Crippen LogP) is 1.42. The number of hydrogen-bond acceptors (Lipinski definition) is 3. The van der Waals surface area contributed by atoms with E-state index >= 15 is 0 Å². The minimum absolute atomic E-state index is 0.00768. The summed E-state index contributed by atoms with van der Waals surface area (Å²) in [5.41, 5.74) is 1.07. The van der Waals surface area contributed by atoms with Crippen LogP contribution in [0.4, 0.5) is 0 Å². The van der Waals surface area contributed by atoms with Crippen molar-refractivity contribution in [3.8, 4) is 5.75 Å². The van der Waals surface area contributed by atoms with Crippen LogP contribution in [0.3, 0.4) is 0 Å². The third-order valence-corrected chi connectivity index (χ3v) is 3.13. The number of hydrogen-bond donors (Lipinski definition) is 1. The van der Waals surface area contributed by atoms with Crippen molar-refractivity contribution in [2.75, 3.05) is 13.2 Å². The predicted molar refractivity (Wildman–Crippen MR) is 61.8 cm³/mol. The minimum Gasteiger partial charge on any atom is -0.493 e. The van der Waals surface area contributed by atoms with E-state index in [0.717, 1.165) is 24.2 Å². The Morgan fingerprint density at radius 2 is 2.18 bits per heavy atom. The van der Waals surface area contributed by atoms with Crippen molar-refractivity contribution in [1.29, 1.82) is 0 Å². The zero-order valence-corrected chi connectivity index (χ0v) is 9.52. The van der Waals surface area contributed by atoms with Crippen molar-refractivity contribution < 1.29 is 14.3 Å². The molecule has 0 bridgehead atoms. The van der Waals surface area contributed by atoms with E-state index in [9.17, 15) is 4.79 Å². The van der Waals surface area contributed by atoms with Crippen molar-refractivity contribution in [2.24, 2.45) is 0 Å². The van der Waals surface area contributed by atoms with Crippen molar-refractivity contribution in [3.05, 3.63) is 29.8 Å². The maximum absolute atomic E-state index is 11.7. The Balaban J connectivity index is 1.80. The van der Waals surface area contributed by atoms with E-state index in [1.165, 1.54) is 0 Å². The first-order valence-corrected chi connectivity index (χ1v) is 5.98. The van der Waals surface area contributed by atoms with Gasteiger partial charge in [-0.15, -0.1) is 0 Å². The third kappa shape index (κ3) is 2.26. The van der Waals surface area contributed by atoms with Gasteiger partial charge in [0.25, 0.3) is 5.91 Å². The standard InChI is InChI=1S/C13H15NO3/c15-13(12-8-17-12)14-10-5-3-7-16-11-6-2-1-4-9(10)11/h1-2,4,6,10,12H,3,5,7-8H2,(H,14,15). The molecular weight excluding hydrogens is 218 g/mol. The van der Waals surface area contributed by atoms with E-state index in [-0.39, 0.29) is 18.1 Å². The van der Waals surface area contributed by atoms with Crippen LogP contribution in [0.5, 0.6) is 5.75 Å². The number of amides is 1. The van der Waals surface area contributed by atoms with Gasteiger partial charge >= 0.3 is 0 Å². The first kappa shape index (κ1) is 10.6. The van der Waals surface area contributed by atoms with Crippen molar-refractivity contribution in [2.45, 2.75) is 25.0 Å². The van der Waals surface area contributed by atoms with Gasteiger partial charge in [0.2, 0.25) is 0 Å². The molecule has 3 rings (SSSR count). The number of carbonyl (C=O) groups is 1. The number of ether oxygens (including phenoxy) is 2. The number of fused-ring (bicyclic) bond motifs is 1. The lowest BCUT2D eigenvalue weighted by Gasteiger charge is -2.17. The minimum atomic E-state index is -0.230. The van der Waals surface area contributed by atoms with Crippen LogP contribution >= 0.6 is 0 Å². The van der Waals surface area contributed by atoms with Crippen LogP contribution in [-0.2, 0) is 9.53 Å². The zero-order chi connectivity index (χ0) is 11.7. The highest BCUT2D eigenvalue weighted by Gasteiger charge is 2.33. The number of benzene rings is 1. The highest BCUT2D eigenvalue weighted by Crippen LogP contribution is 2.31. The Labute approximate surface area is 99.9 Å². The molecular formula is C13H15NO3. The SMILES string of the molecule is O=C(NC1CCCOc2ccccc21)C1CO1. The van der Waals surface area contributed by atoms with Crippen molar-refractivity contribution in [1.82, 2.24) is 5.32 Å². The highest BCUT2D eigenvalue weighted by molar-refractivity contribution is 5.83. The molecule has 2 unspecified atom stereocenters. The molecule has 1 fully saturated rings. The second-order valence-corrected chi connectivity index (χ2v) is 4.41. The van der Waals surface area contributed by atoms with Crippen molar-refractivity contribution >= 4 is 5.91 Å². The van der Waals surface area contributed by atoms with Gasteiger partial charge in [-0.05, 0) is 18.9 Å². The summed E-state index contributed by atoms with van der Waals surface area (Å²) < 4.78 is 10.6. The number of epoxide rings is 1. The van der Waals surface area contributed by atoms with Crippen LogP contribution in [-0.4, -0.2) is 25.2 Å². The van der Waals surface area contributed by atoms with E-state index < -0.39 is 0 Å². The first-order valence-electron chi connectivity index (χ1n) is 5.98. The van der Waals surface area contributed by atoms with Gasteiger partial charge in [-0.25, -0.2) is 0 Å². The van der Waals surface area contributed by atoms with Crippen LogP contribution in [0, 0.1) is 0 Å². The molecule has 1 aromatic rings. The quantitative estimate of drug-likeness (QED) is 0.786. The summed E-state index contributed by atoms with van der Waals surface area (Å²) in [5, 5.41) is 3.03. The lowest BCUT2D eigenvalue weighted by atomic mass is 10.0. The number of nitrogens with one attached hydrogen (secondary N) is 1. The van der Waals surface area contributed by atoms with Gasteiger partial charge in [0, 0.05) is 5.56 Å². The number of carbonyl (C=O) groups excluding carboxylic acids is 1. The molecule has 0 radical (unpaired) electrons. The summed E-state index contributed by atoms with van der Waals surface area (Å²) in [5.74, 6) is 0.874. The summed E-state index contributed by atoms with van der Waals surface area (Å²) in [6.07, 6.45) is 1.63. The van der Waals surface area contributed by atoms with Crippen LogP contribution in [0.1, 0.15) is 24.4 Å². The Morgan fingerprint density at radius 3 is 3.00 bits per heavy atom. The van der Waals surface area contributed by atoms with Crippen LogP contribution < -0.4 is 10.1 Å². The monoisotopic (exact) mass is 233 g/mol. The van der Waals surface area contributed by atoms with Gasteiger partial charge in [-0.3, -0.25) is 4.79 Å². The fourth-order valence-electron chi connectivity index (χ4n) is 2.14. The summed E-state index contributed by atoms with van der Waals surface area (Å²) in [7, 11) is 0. The molecule has 0 saturated carbocycles. The summed E-state index contributed by atoms with van der Waals surface area (Å²) in [6.45, 7) is 1.26. The normalized spacial score (nSPS) is 26.4. The van der Waals surface area contributed by atoms with E-state index in [2.05, 4.69) is 5.32 Å². The molecule has 2 aliphatic heterocycles. The first-order chi connectivity index (χ1) is 8.34.